The molecule has 2 aromatic rings. The molecule has 94 valence electrons. The number of benzene rings is 1. The minimum absolute atomic E-state index is 0.491. The van der Waals surface area contributed by atoms with Crippen LogP contribution in [0.15, 0.2) is 24.4 Å². The number of nitrogens with two attached hydrogens (primary N) is 1. The normalized spacial score (nSPS) is 10.4. The molecule has 0 fully saturated rings. The van der Waals surface area contributed by atoms with Crippen molar-refractivity contribution < 1.29 is 0 Å². The Hall–Kier alpha value is -1.52. The average Bonchev–Trinajstić information content (AvgIpc) is 2.27. The van der Waals surface area contributed by atoms with Crippen LogP contribution in [0.5, 0.6) is 0 Å². The van der Waals surface area contributed by atoms with Gasteiger partial charge >= 0.3 is 0 Å². The summed E-state index contributed by atoms with van der Waals surface area (Å²) < 4.78 is 0. The lowest BCUT2D eigenvalue weighted by molar-refractivity contribution is 0.955. The zero-order valence-corrected chi connectivity index (χ0v) is 11.3. The van der Waals surface area contributed by atoms with Crippen molar-refractivity contribution in [1.29, 1.82) is 0 Å². The molecule has 0 spiro atoms. The second-order valence-electron chi connectivity index (χ2n) is 3.81. The van der Waals surface area contributed by atoms with Gasteiger partial charge in [0.2, 0.25) is 0 Å². The van der Waals surface area contributed by atoms with Crippen LogP contribution in [-0.4, -0.2) is 9.97 Å². The minimum Gasteiger partial charge on any atom is -0.399 e. The molecule has 0 aliphatic carbocycles. The lowest BCUT2D eigenvalue weighted by Crippen LogP contribution is -2.04. The summed E-state index contributed by atoms with van der Waals surface area (Å²) in [5, 5.41) is 4.13. The van der Waals surface area contributed by atoms with E-state index in [9.17, 15) is 0 Å². The van der Waals surface area contributed by atoms with Crippen LogP contribution < -0.4 is 11.1 Å². The van der Waals surface area contributed by atoms with Gasteiger partial charge in [-0.2, -0.15) is 0 Å². The third-order valence-corrected chi connectivity index (χ3v) is 2.94. The largest absolute Gasteiger partial charge is 0.399 e. The first-order chi connectivity index (χ1) is 8.56. The zero-order chi connectivity index (χ0) is 13.1. The lowest BCUT2D eigenvalue weighted by atomic mass is 10.2. The van der Waals surface area contributed by atoms with Crippen molar-refractivity contribution in [3.8, 4) is 0 Å². The first-order valence-electron chi connectivity index (χ1n) is 5.33. The molecule has 1 heterocycles. The first-order valence-corrected chi connectivity index (χ1v) is 6.09. The van der Waals surface area contributed by atoms with Crippen LogP contribution in [0.4, 0.5) is 11.4 Å². The van der Waals surface area contributed by atoms with Crippen LogP contribution in [0, 0.1) is 6.92 Å². The second-order valence-corrected chi connectivity index (χ2v) is 4.62. The van der Waals surface area contributed by atoms with Crippen molar-refractivity contribution in [2.75, 3.05) is 11.1 Å². The summed E-state index contributed by atoms with van der Waals surface area (Å²) in [6.45, 7) is 2.36. The summed E-state index contributed by atoms with van der Waals surface area (Å²) in [5.74, 6) is 0.726. The van der Waals surface area contributed by atoms with Gasteiger partial charge in [0.15, 0.2) is 0 Å². The van der Waals surface area contributed by atoms with Gasteiger partial charge < -0.3 is 11.1 Å². The molecular formula is C12H12Cl2N4. The lowest BCUT2D eigenvalue weighted by Gasteiger charge is -2.11. The quantitative estimate of drug-likeness (QED) is 0.848. The van der Waals surface area contributed by atoms with Crippen molar-refractivity contribution in [1.82, 2.24) is 9.97 Å². The molecule has 0 unspecified atom stereocenters. The Morgan fingerprint density at radius 3 is 2.56 bits per heavy atom. The number of anilines is 2. The van der Waals surface area contributed by atoms with E-state index in [2.05, 4.69) is 15.3 Å². The van der Waals surface area contributed by atoms with Crippen LogP contribution in [-0.2, 0) is 6.54 Å². The monoisotopic (exact) mass is 282 g/mol. The molecule has 0 bridgehead atoms. The highest BCUT2D eigenvalue weighted by atomic mass is 35.5. The molecule has 0 atom stereocenters. The molecule has 0 saturated heterocycles. The topological polar surface area (TPSA) is 63.8 Å². The van der Waals surface area contributed by atoms with Gasteiger partial charge in [-0.25, -0.2) is 9.97 Å². The molecule has 4 nitrogen and oxygen atoms in total. The van der Waals surface area contributed by atoms with Crippen LogP contribution in [0.1, 0.15) is 11.5 Å². The predicted octanol–water partition coefficient (Wildman–Crippen LogP) is 3.29. The predicted molar refractivity (Wildman–Crippen MR) is 75.0 cm³/mol. The van der Waals surface area contributed by atoms with Crippen LogP contribution in [0.3, 0.4) is 0 Å². The molecule has 6 heteroatoms. The van der Waals surface area contributed by atoms with E-state index in [0.29, 0.717) is 28.0 Å². The number of nitrogens with one attached hydrogen (secondary N) is 1. The average molecular weight is 283 g/mol. The Balaban J connectivity index is 2.16. The summed E-state index contributed by atoms with van der Waals surface area (Å²) in [7, 11) is 0. The Kier molecular flexibility index (Phi) is 3.89. The van der Waals surface area contributed by atoms with Gasteiger partial charge in [-0.3, -0.25) is 0 Å². The Bertz CT molecular complexity index is 549. The third-order valence-electron chi connectivity index (χ3n) is 2.34. The summed E-state index contributed by atoms with van der Waals surface area (Å²) in [5.41, 5.74) is 7.70. The van der Waals surface area contributed by atoms with Gasteiger partial charge in [0, 0.05) is 11.9 Å². The van der Waals surface area contributed by atoms with E-state index >= 15 is 0 Å². The maximum absolute atomic E-state index is 6.07. The fourth-order valence-electron chi connectivity index (χ4n) is 1.54. The van der Waals surface area contributed by atoms with Gasteiger partial charge in [0.1, 0.15) is 5.82 Å². The van der Waals surface area contributed by atoms with E-state index in [4.69, 9.17) is 28.9 Å². The van der Waals surface area contributed by atoms with Crippen LogP contribution in [0.2, 0.25) is 10.0 Å². The first kappa shape index (κ1) is 12.9. The number of nitrogens with zero attached hydrogens (tertiary/aromatic N) is 2. The number of hydrogen-bond acceptors (Lipinski definition) is 4. The Labute approximate surface area is 115 Å². The maximum Gasteiger partial charge on any atom is 0.125 e. The standard InChI is InChI=1S/C12H12Cl2N4/c1-7-16-3-2-9(18-7)6-17-12-10(13)4-8(15)5-11(12)14/h2-5,17H,6,15H2,1H3. The van der Waals surface area contributed by atoms with E-state index in [1.54, 1.807) is 18.3 Å². The number of aryl methyl sites for hydroxylation is 1. The number of aromatic nitrogens is 2. The van der Waals surface area contributed by atoms with Gasteiger partial charge in [-0.1, -0.05) is 23.2 Å². The van der Waals surface area contributed by atoms with Crippen LogP contribution in [0.25, 0.3) is 0 Å². The van der Waals surface area contributed by atoms with E-state index in [0.717, 1.165) is 11.5 Å². The number of rotatable bonds is 3. The van der Waals surface area contributed by atoms with E-state index < -0.39 is 0 Å². The smallest absolute Gasteiger partial charge is 0.125 e. The van der Waals surface area contributed by atoms with Gasteiger partial charge in [-0.15, -0.1) is 0 Å². The second kappa shape index (κ2) is 5.42. The molecule has 0 aliphatic heterocycles. The van der Waals surface area contributed by atoms with Crippen molar-refractivity contribution in [3.63, 3.8) is 0 Å². The number of halogens is 2. The van der Waals surface area contributed by atoms with Gasteiger partial charge in [0.25, 0.3) is 0 Å². The van der Waals surface area contributed by atoms with Crippen molar-refractivity contribution in [2.45, 2.75) is 13.5 Å². The van der Waals surface area contributed by atoms with Crippen molar-refractivity contribution >= 4 is 34.6 Å². The molecule has 18 heavy (non-hydrogen) atoms. The zero-order valence-electron chi connectivity index (χ0n) is 9.74. The molecule has 3 N–H and O–H groups in total. The van der Waals surface area contributed by atoms with Gasteiger partial charge in [0.05, 0.1) is 28.0 Å². The van der Waals surface area contributed by atoms with Crippen LogP contribution >= 0.6 is 23.2 Å². The SMILES string of the molecule is Cc1nccc(CNc2c(Cl)cc(N)cc2Cl)n1. The molecule has 1 aromatic carbocycles. The Morgan fingerprint density at radius 1 is 1.28 bits per heavy atom. The molecular weight excluding hydrogens is 271 g/mol. The highest BCUT2D eigenvalue weighted by Crippen LogP contribution is 2.32. The summed E-state index contributed by atoms with van der Waals surface area (Å²) >= 11 is 12.1. The summed E-state index contributed by atoms with van der Waals surface area (Å²) in [6, 6.07) is 5.14. The van der Waals surface area contributed by atoms with Crippen molar-refractivity contribution in [3.05, 3.63) is 46.0 Å². The molecule has 0 aliphatic rings. The highest BCUT2D eigenvalue weighted by molar-refractivity contribution is 6.39. The maximum atomic E-state index is 6.07. The number of nitrogen functional groups attached to an aromatic ring is 1. The highest BCUT2D eigenvalue weighted by Gasteiger charge is 2.07. The molecule has 0 radical (unpaired) electrons. The molecule has 2 rings (SSSR count). The van der Waals surface area contributed by atoms with E-state index in [1.807, 2.05) is 13.0 Å². The summed E-state index contributed by atoms with van der Waals surface area (Å²) in [6.07, 6.45) is 1.71. The molecule has 0 amide bonds. The van der Waals surface area contributed by atoms with E-state index in [1.165, 1.54) is 0 Å². The molecule has 0 saturated carbocycles. The van der Waals surface area contributed by atoms with E-state index in [-0.39, 0.29) is 0 Å². The fourth-order valence-corrected chi connectivity index (χ4v) is 2.18. The fraction of sp³-hybridized carbons (Fsp3) is 0.167. The summed E-state index contributed by atoms with van der Waals surface area (Å²) in [4.78, 5) is 8.31. The Morgan fingerprint density at radius 2 is 1.94 bits per heavy atom. The molecule has 1 aromatic heterocycles. The van der Waals surface area contributed by atoms with Crippen molar-refractivity contribution in [2.24, 2.45) is 0 Å². The van der Waals surface area contributed by atoms with Gasteiger partial charge in [-0.05, 0) is 25.1 Å². The number of hydrogen-bond donors (Lipinski definition) is 2. The third kappa shape index (κ3) is 3.03. The minimum atomic E-state index is 0.491.